The van der Waals surface area contributed by atoms with Gasteiger partial charge < -0.3 is 10.1 Å². The number of nitrogens with one attached hydrogen (secondary N) is 1. The number of anilines is 1. The number of hydrogen-bond acceptors (Lipinski definition) is 8. The molecule has 1 amide bonds. The highest BCUT2D eigenvalue weighted by Gasteiger charge is 2.35. The number of hydrogen-bond donors (Lipinski definition) is 1. The second kappa shape index (κ2) is 12.4. The third-order valence-electron chi connectivity index (χ3n) is 7.88. The van der Waals surface area contributed by atoms with Gasteiger partial charge in [-0.15, -0.1) is 5.10 Å². The molecule has 47 heavy (non-hydrogen) atoms. The lowest BCUT2D eigenvalue weighted by molar-refractivity contribution is -0.141. The highest BCUT2D eigenvalue weighted by atomic mass is 19.4. The first-order chi connectivity index (χ1) is 22.4. The maximum Gasteiger partial charge on any atom is 0.436 e. The van der Waals surface area contributed by atoms with Gasteiger partial charge in [0.1, 0.15) is 5.75 Å². The van der Waals surface area contributed by atoms with Gasteiger partial charge in [0, 0.05) is 29.3 Å². The van der Waals surface area contributed by atoms with Gasteiger partial charge in [-0.2, -0.15) is 27.1 Å². The van der Waals surface area contributed by atoms with Crippen LogP contribution in [0.25, 0.3) is 28.2 Å². The molecule has 2 atom stereocenters. The summed E-state index contributed by atoms with van der Waals surface area (Å²) in [5.41, 5.74) is -0.407. The van der Waals surface area contributed by atoms with E-state index >= 15 is 0 Å². The maximum atomic E-state index is 13.9. The molecule has 0 saturated carbocycles. The minimum atomic E-state index is -4.72. The lowest BCUT2D eigenvalue weighted by atomic mass is 9.97. The summed E-state index contributed by atoms with van der Waals surface area (Å²) in [6.45, 7) is -1.28. The predicted molar refractivity (Wildman–Crippen MR) is 157 cm³/mol. The molecule has 5 aromatic rings. The molecule has 2 bridgehead atoms. The smallest absolute Gasteiger partial charge is 0.436 e. The molecule has 1 N–H and O–H groups in total. The monoisotopic (exact) mass is 655 g/mol. The lowest BCUT2D eigenvalue weighted by Crippen LogP contribution is -2.27. The van der Waals surface area contributed by atoms with Crippen LogP contribution in [0.15, 0.2) is 66.1 Å². The number of fused-ring (bicyclic) bond motifs is 4. The van der Waals surface area contributed by atoms with E-state index in [0.717, 1.165) is 10.9 Å². The van der Waals surface area contributed by atoms with Crippen molar-refractivity contribution in [2.75, 3.05) is 12.4 Å². The second-order valence-electron chi connectivity index (χ2n) is 10.9. The minimum absolute atomic E-state index is 0.0170. The van der Waals surface area contributed by atoms with Gasteiger partial charge in [-0.3, -0.25) is 19.1 Å². The van der Waals surface area contributed by atoms with Crippen LogP contribution in [0.2, 0.25) is 0 Å². The molecule has 0 aliphatic carbocycles. The zero-order chi connectivity index (χ0) is 33.5. The van der Waals surface area contributed by atoms with Crippen molar-refractivity contribution in [3.05, 3.63) is 83.1 Å². The molecule has 5 heterocycles. The summed E-state index contributed by atoms with van der Waals surface area (Å²) in [5, 5.41) is 13.3. The zero-order valence-corrected chi connectivity index (χ0v) is 24.8. The SMILES string of the molecule is COc1ccc(-n2cc(C(F)(F)F)nn2)c(-c2cc(=O)n(C3CCCC(C)C(=O)Nc4cnn(C(F)F)c4-c4ccnc3c4)cn2)c1. The molecular weight excluding hydrogens is 629 g/mol. The molecular formula is C30H26F5N9O3. The van der Waals surface area contributed by atoms with E-state index in [1.807, 2.05) is 0 Å². The Hall–Kier alpha value is -5.48. The molecule has 1 aromatic carbocycles. The molecule has 6 rings (SSSR count). The number of rotatable bonds is 5. The number of carbonyl (C=O) groups excluding carboxylic acids is 1. The fraction of sp³-hybridized carbons (Fsp3) is 0.300. The largest absolute Gasteiger partial charge is 0.497 e. The first-order valence-electron chi connectivity index (χ1n) is 14.3. The van der Waals surface area contributed by atoms with E-state index in [9.17, 15) is 31.5 Å². The Morgan fingerprint density at radius 1 is 1.06 bits per heavy atom. The molecule has 0 fully saturated rings. The van der Waals surface area contributed by atoms with Crippen molar-refractivity contribution in [2.45, 2.75) is 45.0 Å². The Balaban J connectivity index is 1.44. The first kappa shape index (κ1) is 31.5. The molecule has 244 valence electrons. The van der Waals surface area contributed by atoms with Crippen molar-refractivity contribution in [1.82, 2.24) is 39.3 Å². The summed E-state index contributed by atoms with van der Waals surface area (Å²) in [4.78, 5) is 35.6. The van der Waals surface area contributed by atoms with Crippen LogP contribution < -0.4 is 15.6 Å². The number of pyridine rings is 1. The van der Waals surface area contributed by atoms with Crippen molar-refractivity contribution in [2.24, 2.45) is 5.92 Å². The summed E-state index contributed by atoms with van der Waals surface area (Å²) in [6, 6.07) is 8.07. The summed E-state index contributed by atoms with van der Waals surface area (Å²) in [5.74, 6) is -0.493. The van der Waals surface area contributed by atoms with Crippen molar-refractivity contribution in [3.63, 3.8) is 0 Å². The minimum Gasteiger partial charge on any atom is -0.497 e. The molecule has 0 spiro atoms. The zero-order valence-electron chi connectivity index (χ0n) is 24.8. The van der Waals surface area contributed by atoms with Gasteiger partial charge >= 0.3 is 12.7 Å². The Morgan fingerprint density at radius 2 is 1.87 bits per heavy atom. The molecule has 17 heteroatoms. The van der Waals surface area contributed by atoms with Crippen LogP contribution in [0.4, 0.5) is 27.6 Å². The quantitative estimate of drug-likeness (QED) is 0.245. The van der Waals surface area contributed by atoms with Crippen LogP contribution in [0.3, 0.4) is 0 Å². The molecule has 2 unspecified atom stereocenters. The average molecular weight is 656 g/mol. The Morgan fingerprint density at radius 3 is 2.57 bits per heavy atom. The van der Waals surface area contributed by atoms with E-state index in [4.69, 9.17) is 4.74 Å². The van der Waals surface area contributed by atoms with Crippen LogP contribution in [0, 0.1) is 5.92 Å². The van der Waals surface area contributed by atoms with Crippen molar-refractivity contribution in [3.8, 4) is 34.0 Å². The number of benzene rings is 1. The van der Waals surface area contributed by atoms with E-state index in [0.29, 0.717) is 41.0 Å². The Labute approximate surface area is 262 Å². The number of amides is 1. The fourth-order valence-electron chi connectivity index (χ4n) is 5.45. The summed E-state index contributed by atoms with van der Waals surface area (Å²) >= 11 is 0. The second-order valence-corrected chi connectivity index (χ2v) is 10.9. The number of methoxy groups -OCH3 is 1. The lowest BCUT2D eigenvalue weighted by Gasteiger charge is -2.22. The Bertz CT molecular complexity index is 2000. The molecule has 12 nitrogen and oxygen atoms in total. The van der Waals surface area contributed by atoms with Crippen molar-refractivity contribution >= 4 is 11.6 Å². The average Bonchev–Trinajstić information content (AvgIpc) is 3.71. The normalized spacial score (nSPS) is 17.1. The fourth-order valence-corrected chi connectivity index (χ4v) is 5.45. The number of carbonyl (C=O) groups is 1. The number of halogens is 5. The van der Waals surface area contributed by atoms with Gasteiger partial charge in [-0.05, 0) is 43.2 Å². The van der Waals surface area contributed by atoms with Gasteiger partial charge in [-0.25, -0.2) is 14.3 Å². The number of aromatic nitrogens is 8. The molecule has 4 aromatic heterocycles. The Kier molecular flexibility index (Phi) is 8.29. The topological polar surface area (TPSA) is 135 Å². The predicted octanol–water partition coefficient (Wildman–Crippen LogP) is 5.52. The van der Waals surface area contributed by atoms with Gasteiger partial charge in [0.25, 0.3) is 5.56 Å². The standard InChI is InChI=1S/C30H26F5N9O3/c1-16-4-3-5-24(21-10-17(8-9-36-21)27-22(39-28(16)46)13-38-44(27)29(31)32)42-15-37-20(12-26(42)45)19-11-18(47-2)6-7-23(19)43-14-25(40-41-43)30(33,34)35/h6-16,24,29H,3-5H2,1-2H3,(H,39,46). The summed E-state index contributed by atoms with van der Waals surface area (Å²) in [6.07, 6.45) is 1.15. The van der Waals surface area contributed by atoms with Gasteiger partial charge in [0.2, 0.25) is 5.91 Å². The van der Waals surface area contributed by atoms with Crippen LogP contribution in [0.5, 0.6) is 5.75 Å². The van der Waals surface area contributed by atoms with Gasteiger partial charge in [0.15, 0.2) is 5.69 Å². The maximum absolute atomic E-state index is 13.9. The molecule has 0 radical (unpaired) electrons. The number of ether oxygens (including phenoxy) is 1. The first-order valence-corrected chi connectivity index (χ1v) is 14.3. The van der Waals surface area contributed by atoms with Crippen LogP contribution >= 0.6 is 0 Å². The van der Waals surface area contributed by atoms with E-state index in [-0.39, 0.29) is 34.2 Å². The summed E-state index contributed by atoms with van der Waals surface area (Å²) < 4.78 is 75.7. The third-order valence-corrected chi connectivity index (χ3v) is 7.88. The van der Waals surface area contributed by atoms with Crippen molar-refractivity contribution < 1.29 is 31.5 Å². The van der Waals surface area contributed by atoms with Crippen LogP contribution in [-0.4, -0.2) is 52.3 Å². The molecule has 1 aliphatic heterocycles. The number of alkyl halides is 5. The highest BCUT2D eigenvalue weighted by Crippen LogP contribution is 2.35. The van der Waals surface area contributed by atoms with Crippen LogP contribution in [0.1, 0.15) is 50.2 Å². The number of nitrogens with zero attached hydrogens (tertiary/aromatic N) is 8. The van der Waals surface area contributed by atoms with Crippen molar-refractivity contribution in [1.29, 1.82) is 0 Å². The molecule has 0 saturated heterocycles. The van der Waals surface area contributed by atoms with Gasteiger partial charge in [0.05, 0.1) is 60.3 Å². The van der Waals surface area contributed by atoms with E-state index in [1.54, 1.807) is 13.0 Å². The van der Waals surface area contributed by atoms with E-state index < -0.39 is 35.9 Å². The summed E-state index contributed by atoms with van der Waals surface area (Å²) in [7, 11) is 1.41. The van der Waals surface area contributed by atoms with E-state index in [2.05, 4.69) is 30.7 Å². The van der Waals surface area contributed by atoms with E-state index in [1.165, 1.54) is 60.7 Å². The van der Waals surface area contributed by atoms with Crippen LogP contribution in [-0.2, 0) is 11.0 Å². The third kappa shape index (κ3) is 6.19. The highest BCUT2D eigenvalue weighted by molar-refractivity contribution is 5.95. The molecule has 1 aliphatic rings. The van der Waals surface area contributed by atoms with Gasteiger partial charge in [-0.1, -0.05) is 18.6 Å².